The zero-order valence-corrected chi connectivity index (χ0v) is 13.7. The molecule has 1 aromatic carbocycles. The van der Waals surface area contributed by atoms with Crippen molar-refractivity contribution in [2.45, 2.75) is 44.9 Å². The van der Waals surface area contributed by atoms with Gasteiger partial charge in [0.25, 0.3) is 0 Å². The van der Waals surface area contributed by atoms with Crippen molar-refractivity contribution < 1.29 is 18.4 Å². The number of carbonyl (C=O) groups is 2. The Hall–Kier alpha value is -1.98. The van der Waals surface area contributed by atoms with Crippen LogP contribution in [-0.2, 0) is 16.0 Å². The number of carbonyl (C=O) groups excluding carboxylic acids is 2. The molecule has 24 heavy (non-hydrogen) atoms. The zero-order chi connectivity index (χ0) is 17.4. The molecule has 2 rings (SSSR count). The predicted molar refractivity (Wildman–Crippen MR) is 87.3 cm³/mol. The molecule has 6 heteroatoms. The SMILES string of the molecule is O=C(C[C@H]1CCCCNC1=O)NCCCCc1ccc(F)c(F)c1. The van der Waals surface area contributed by atoms with E-state index in [1.807, 2.05) is 0 Å². The van der Waals surface area contributed by atoms with Gasteiger partial charge >= 0.3 is 0 Å². The van der Waals surface area contributed by atoms with Crippen LogP contribution in [0.2, 0.25) is 0 Å². The second-order valence-electron chi connectivity index (χ2n) is 6.24. The van der Waals surface area contributed by atoms with Gasteiger partial charge in [0, 0.05) is 25.4 Å². The Morgan fingerprint density at radius 1 is 1.21 bits per heavy atom. The van der Waals surface area contributed by atoms with Crippen LogP contribution < -0.4 is 10.6 Å². The van der Waals surface area contributed by atoms with Crippen LogP contribution in [0.25, 0.3) is 0 Å². The summed E-state index contributed by atoms with van der Waals surface area (Å²) in [5, 5.41) is 5.65. The summed E-state index contributed by atoms with van der Waals surface area (Å²) in [6.45, 7) is 1.22. The van der Waals surface area contributed by atoms with E-state index in [2.05, 4.69) is 10.6 Å². The summed E-state index contributed by atoms with van der Waals surface area (Å²) in [5.74, 6) is -2.03. The molecule has 0 saturated carbocycles. The van der Waals surface area contributed by atoms with Gasteiger partial charge in [-0.05, 0) is 49.8 Å². The van der Waals surface area contributed by atoms with Gasteiger partial charge in [0.1, 0.15) is 0 Å². The number of unbranched alkanes of at least 4 members (excludes halogenated alkanes) is 1. The highest BCUT2D eigenvalue weighted by molar-refractivity contribution is 5.85. The number of halogens is 2. The minimum atomic E-state index is -0.839. The van der Waals surface area contributed by atoms with E-state index < -0.39 is 11.6 Å². The fourth-order valence-electron chi connectivity index (χ4n) is 2.87. The van der Waals surface area contributed by atoms with E-state index in [1.54, 1.807) is 6.07 Å². The van der Waals surface area contributed by atoms with Gasteiger partial charge in [-0.1, -0.05) is 12.5 Å². The molecule has 1 atom stereocenters. The van der Waals surface area contributed by atoms with Gasteiger partial charge in [-0.3, -0.25) is 9.59 Å². The third kappa shape index (κ3) is 5.91. The summed E-state index contributed by atoms with van der Waals surface area (Å²) in [5.41, 5.74) is 0.746. The Balaban J connectivity index is 1.62. The number of rotatable bonds is 7. The molecular formula is C18H24F2N2O2. The molecule has 1 saturated heterocycles. The van der Waals surface area contributed by atoms with E-state index in [0.29, 0.717) is 19.5 Å². The fourth-order valence-corrected chi connectivity index (χ4v) is 2.87. The van der Waals surface area contributed by atoms with E-state index in [4.69, 9.17) is 0 Å². The van der Waals surface area contributed by atoms with Crippen LogP contribution in [0.1, 0.15) is 44.1 Å². The van der Waals surface area contributed by atoms with Crippen molar-refractivity contribution in [1.82, 2.24) is 10.6 Å². The molecular weight excluding hydrogens is 314 g/mol. The van der Waals surface area contributed by atoms with Crippen molar-refractivity contribution >= 4 is 11.8 Å². The van der Waals surface area contributed by atoms with Crippen molar-refractivity contribution in [3.63, 3.8) is 0 Å². The van der Waals surface area contributed by atoms with Crippen LogP contribution in [0.3, 0.4) is 0 Å². The third-order valence-corrected chi connectivity index (χ3v) is 4.28. The molecule has 0 aliphatic carbocycles. The van der Waals surface area contributed by atoms with Gasteiger partial charge in [-0.15, -0.1) is 0 Å². The highest BCUT2D eigenvalue weighted by Crippen LogP contribution is 2.16. The van der Waals surface area contributed by atoms with E-state index in [9.17, 15) is 18.4 Å². The summed E-state index contributed by atoms with van der Waals surface area (Å²) >= 11 is 0. The van der Waals surface area contributed by atoms with Crippen LogP contribution in [0.15, 0.2) is 18.2 Å². The molecule has 1 heterocycles. The van der Waals surface area contributed by atoms with E-state index in [0.717, 1.165) is 43.7 Å². The molecule has 0 aromatic heterocycles. The Morgan fingerprint density at radius 2 is 2.04 bits per heavy atom. The quantitative estimate of drug-likeness (QED) is 0.751. The molecule has 1 aromatic rings. The van der Waals surface area contributed by atoms with Crippen LogP contribution in [0, 0.1) is 17.6 Å². The minimum Gasteiger partial charge on any atom is -0.356 e. The largest absolute Gasteiger partial charge is 0.356 e. The Kier molecular flexibility index (Phi) is 7.15. The summed E-state index contributed by atoms with van der Waals surface area (Å²) < 4.78 is 25.9. The molecule has 0 unspecified atom stereocenters. The first kappa shape index (κ1) is 18.4. The van der Waals surface area contributed by atoms with Crippen molar-refractivity contribution in [3.05, 3.63) is 35.4 Å². The summed E-state index contributed by atoms with van der Waals surface area (Å²) in [4.78, 5) is 23.7. The van der Waals surface area contributed by atoms with Gasteiger partial charge in [-0.25, -0.2) is 8.78 Å². The Bertz CT molecular complexity index is 578. The molecule has 1 fully saturated rings. The van der Waals surface area contributed by atoms with Gasteiger partial charge in [0.2, 0.25) is 11.8 Å². The number of amides is 2. The van der Waals surface area contributed by atoms with Crippen LogP contribution >= 0.6 is 0 Å². The topological polar surface area (TPSA) is 58.2 Å². The number of hydrogen-bond acceptors (Lipinski definition) is 2. The number of benzene rings is 1. The maximum Gasteiger partial charge on any atom is 0.223 e. The lowest BCUT2D eigenvalue weighted by Gasteiger charge is -2.12. The monoisotopic (exact) mass is 338 g/mol. The van der Waals surface area contributed by atoms with Crippen molar-refractivity contribution in [3.8, 4) is 0 Å². The Labute approximate surface area is 141 Å². The minimum absolute atomic E-state index is 0.0269. The van der Waals surface area contributed by atoms with E-state index in [1.165, 1.54) is 6.07 Å². The van der Waals surface area contributed by atoms with Crippen molar-refractivity contribution in [2.75, 3.05) is 13.1 Å². The average Bonchev–Trinajstić information content (AvgIpc) is 2.75. The normalized spacial score (nSPS) is 17.9. The fraction of sp³-hybridized carbons (Fsp3) is 0.556. The third-order valence-electron chi connectivity index (χ3n) is 4.28. The number of hydrogen-bond donors (Lipinski definition) is 2. The second-order valence-corrected chi connectivity index (χ2v) is 6.24. The van der Waals surface area contributed by atoms with Gasteiger partial charge in [0.05, 0.1) is 0 Å². The molecule has 132 valence electrons. The maximum atomic E-state index is 13.1. The molecule has 1 aliphatic rings. The smallest absolute Gasteiger partial charge is 0.223 e. The first-order chi connectivity index (χ1) is 11.6. The standard InChI is InChI=1S/C18H24F2N2O2/c19-15-8-7-13(11-16(15)20)5-1-3-9-21-17(23)12-14-6-2-4-10-22-18(14)24/h7-8,11,14H,1-6,9-10,12H2,(H,21,23)(H,22,24)/t14-/m1/s1. The molecule has 2 N–H and O–H groups in total. The lowest BCUT2D eigenvalue weighted by atomic mass is 9.98. The first-order valence-electron chi connectivity index (χ1n) is 8.54. The number of nitrogens with one attached hydrogen (secondary N) is 2. The molecule has 0 bridgehead atoms. The van der Waals surface area contributed by atoms with Gasteiger partial charge in [-0.2, -0.15) is 0 Å². The van der Waals surface area contributed by atoms with Crippen LogP contribution in [0.4, 0.5) is 8.78 Å². The number of aryl methyl sites for hydroxylation is 1. The first-order valence-corrected chi connectivity index (χ1v) is 8.54. The molecule has 2 amide bonds. The highest BCUT2D eigenvalue weighted by Gasteiger charge is 2.23. The molecule has 4 nitrogen and oxygen atoms in total. The lowest BCUT2D eigenvalue weighted by Crippen LogP contribution is -2.34. The van der Waals surface area contributed by atoms with Crippen molar-refractivity contribution in [1.29, 1.82) is 0 Å². The van der Waals surface area contributed by atoms with E-state index in [-0.39, 0.29) is 24.2 Å². The summed E-state index contributed by atoms with van der Waals surface area (Å²) in [6.07, 6.45) is 5.08. The van der Waals surface area contributed by atoms with Crippen LogP contribution in [-0.4, -0.2) is 24.9 Å². The highest BCUT2D eigenvalue weighted by atomic mass is 19.2. The van der Waals surface area contributed by atoms with Gasteiger partial charge in [0.15, 0.2) is 11.6 Å². The van der Waals surface area contributed by atoms with Crippen molar-refractivity contribution in [2.24, 2.45) is 5.92 Å². The maximum absolute atomic E-state index is 13.1. The predicted octanol–water partition coefficient (Wildman–Crippen LogP) is 2.71. The Morgan fingerprint density at radius 3 is 2.83 bits per heavy atom. The molecule has 0 radical (unpaired) electrons. The molecule has 0 spiro atoms. The zero-order valence-electron chi connectivity index (χ0n) is 13.7. The molecule has 1 aliphatic heterocycles. The summed E-state index contributed by atoms with van der Waals surface area (Å²) in [7, 11) is 0. The summed E-state index contributed by atoms with van der Waals surface area (Å²) in [6, 6.07) is 3.91. The average molecular weight is 338 g/mol. The van der Waals surface area contributed by atoms with E-state index >= 15 is 0 Å². The second kappa shape index (κ2) is 9.35. The van der Waals surface area contributed by atoms with Crippen LogP contribution in [0.5, 0.6) is 0 Å². The van der Waals surface area contributed by atoms with Gasteiger partial charge < -0.3 is 10.6 Å². The lowest BCUT2D eigenvalue weighted by molar-refractivity contribution is -0.130.